The molecule has 2 aliphatic rings. The van der Waals surface area contributed by atoms with Crippen molar-refractivity contribution < 1.29 is 47.6 Å². The first-order chi connectivity index (χ1) is 24.8. The molecule has 0 bridgehead atoms. The van der Waals surface area contributed by atoms with Crippen molar-refractivity contribution in [1.82, 2.24) is 21.1 Å². The highest BCUT2D eigenvalue weighted by molar-refractivity contribution is 5.86. The van der Waals surface area contributed by atoms with Gasteiger partial charge in [-0.2, -0.15) is 4.73 Å². The zero-order chi connectivity index (χ0) is 37.4. The van der Waals surface area contributed by atoms with Crippen LogP contribution in [0.4, 0.5) is 14.0 Å². The smallest absolute Gasteiger partial charge is 0.422 e. The Balaban J connectivity index is 1.38. The van der Waals surface area contributed by atoms with E-state index >= 15 is 0 Å². The van der Waals surface area contributed by atoms with E-state index in [0.29, 0.717) is 23.3 Å². The zero-order valence-corrected chi connectivity index (χ0v) is 29.6. The van der Waals surface area contributed by atoms with E-state index in [1.54, 1.807) is 51.1 Å². The number of ether oxygens (including phenoxy) is 4. The molecule has 2 aromatic carbocycles. The minimum absolute atomic E-state index is 0.111. The molecule has 5 rings (SSSR count). The minimum Gasteiger partial charge on any atom is -0.619 e. The third-order valence-corrected chi connectivity index (χ3v) is 9.11. The van der Waals surface area contributed by atoms with Crippen molar-refractivity contribution in [1.29, 1.82) is 0 Å². The summed E-state index contributed by atoms with van der Waals surface area (Å²) in [5, 5.41) is 30.4. The molecule has 4 N–H and O–H groups in total. The van der Waals surface area contributed by atoms with Crippen LogP contribution in [-0.2, 0) is 36.7 Å². The Labute approximate surface area is 301 Å². The second-order valence-corrected chi connectivity index (χ2v) is 14.0. The van der Waals surface area contributed by atoms with Crippen LogP contribution in [-0.4, -0.2) is 85.7 Å². The van der Waals surface area contributed by atoms with Gasteiger partial charge in [-0.25, -0.2) is 19.0 Å². The second kappa shape index (κ2) is 17.1. The summed E-state index contributed by atoms with van der Waals surface area (Å²) in [5.41, 5.74) is 4.37. The number of aliphatic hydroxyl groups excluding tert-OH is 1. The number of hydrogen-bond acceptors (Lipinski definition) is 10. The van der Waals surface area contributed by atoms with Crippen molar-refractivity contribution in [3.63, 3.8) is 0 Å². The summed E-state index contributed by atoms with van der Waals surface area (Å²) in [6.45, 7) is 5.57. The molecule has 2 saturated heterocycles. The van der Waals surface area contributed by atoms with Crippen LogP contribution in [0.2, 0.25) is 0 Å². The van der Waals surface area contributed by atoms with E-state index in [1.807, 2.05) is 24.3 Å². The van der Waals surface area contributed by atoms with Crippen molar-refractivity contribution in [3.8, 4) is 11.1 Å². The predicted octanol–water partition coefficient (Wildman–Crippen LogP) is 3.19. The van der Waals surface area contributed by atoms with Crippen LogP contribution >= 0.6 is 0 Å². The van der Waals surface area contributed by atoms with E-state index in [9.17, 15) is 29.1 Å². The number of nitrogens with one attached hydrogen (secondary N) is 3. The number of carbonyl (C=O) groups is 3. The molecular formula is C37H46FN5O9. The Morgan fingerprint density at radius 1 is 1.04 bits per heavy atom. The van der Waals surface area contributed by atoms with Crippen molar-refractivity contribution in [3.05, 3.63) is 95.2 Å². The number of rotatable bonds is 13. The maximum Gasteiger partial charge on any atom is 0.422 e. The summed E-state index contributed by atoms with van der Waals surface area (Å²) < 4.78 is 37.1. The quantitative estimate of drug-likeness (QED) is 0.117. The standard InChI is InChI=1S/C37H46FN5O9/c1-37(2,3)32(40-35(46)49-4)33(45)39-29(18-23-11-13-24(14-12-23)25-9-7-16-43(48)20-25)30(44)21-42(19-26-8-5-6-10-28(26)38)41-36(47)52-31-22-51-34-27(31)15-17-50-34/h5-14,16,20,27,29-32,34,44H,15,17-19,21-22H2,1-4H3,(H,39,45)(H,40,46)(H,41,47)/t27-,29-,30-,31-,32+,34+/m0/s1. The van der Waals surface area contributed by atoms with Crippen molar-refractivity contribution >= 4 is 18.1 Å². The topological polar surface area (TPSA) is 175 Å². The van der Waals surface area contributed by atoms with Crippen LogP contribution in [0.15, 0.2) is 73.1 Å². The lowest BCUT2D eigenvalue weighted by Gasteiger charge is -2.34. The van der Waals surface area contributed by atoms with Crippen molar-refractivity contribution in [2.75, 3.05) is 26.9 Å². The number of fused-ring (bicyclic) bond motifs is 1. The Bertz CT molecular complexity index is 1690. The van der Waals surface area contributed by atoms with Gasteiger partial charge in [0, 0.05) is 30.3 Å². The number of aliphatic hydroxyl groups is 1. The van der Waals surface area contributed by atoms with Crippen molar-refractivity contribution in [2.45, 2.75) is 70.7 Å². The Hall–Kier alpha value is -4.83. The minimum atomic E-state index is -1.34. The molecule has 0 spiro atoms. The van der Waals surface area contributed by atoms with Crippen LogP contribution in [0.3, 0.4) is 0 Å². The van der Waals surface area contributed by atoms with Crippen LogP contribution in [0.1, 0.15) is 38.3 Å². The van der Waals surface area contributed by atoms with Gasteiger partial charge in [0.1, 0.15) is 18.0 Å². The average Bonchev–Trinajstić information content (AvgIpc) is 3.72. The molecule has 15 heteroatoms. The van der Waals surface area contributed by atoms with Gasteiger partial charge < -0.3 is 39.9 Å². The molecule has 280 valence electrons. The molecule has 1 aromatic heterocycles. The highest BCUT2D eigenvalue weighted by Gasteiger charge is 2.44. The van der Waals surface area contributed by atoms with E-state index in [-0.39, 0.29) is 37.6 Å². The molecule has 0 saturated carbocycles. The number of alkyl carbamates (subject to hydrolysis) is 1. The molecule has 2 aliphatic heterocycles. The Kier molecular flexibility index (Phi) is 12.6. The number of hydrogen-bond donors (Lipinski definition) is 4. The molecule has 2 fully saturated rings. The van der Waals surface area contributed by atoms with Gasteiger partial charge in [-0.3, -0.25) is 10.2 Å². The van der Waals surface area contributed by atoms with Gasteiger partial charge in [0.15, 0.2) is 18.7 Å². The highest BCUT2D eigenvalue weighted by atomic mass is 19.1. The summed E-state index contributed by atoms with van der Waals surface area (Å²) >= 11 is 0. The van der Waals surface area contributed by atoms with Crippen LogP contribution < -0.4 is 20.8 Å². The number of hydrazine groups is 1. The van der Waals surface area contributed by atoms with E-state index in [0.717, 1.165) is 11.1 Å². The van der Waals surface area contributed by atoms with Crippen LogP contribution in [0.5, 0.6) is 0 Å². The van der Waals surface area contributed by atoms with E-state index in [1.165, 1.54) is 30.6 Å². The van der Waals surface area contributed by atoms with E-state index in [2.05, 4.69) is 16.1 Å². The Morgan fingerprint density at radius 3 is 2.48 bits per heavy atom. The number of halogens is 1. The lowest BCUT2D eigenvalue weighted by atomic mass is 9.85. The molecule has 3 amide bonds. The molecule has 0 unspecified atom stereocenters. The summed E-state index contributed by atoms with van der Waals surface area (Å²) in [5.74, 6) is -1.20. The first-order valence-electron chi connectivity index (χ1n) is 17.1. The monoisotopic (exact) mass is 723 g/mol. The fourth-order valence-corrected chi connectivity index (χ4v) is 6.29. The number of amides is 3. The van der Waals surface area contributed by atoms with Gasteiger partial charge >= 0.3 is 12.2 Å². The number of benzene rings is 2. The van der Waals surface area contributed by atoms with Gasteiger partial charge in [0.05, 0.1) is 38.4 Å². The van der Waals surface area contributed by atoms with Crippen LogP contribution in [0, 0.1) is 22.4 Å². The molecule has 0 radical (unpaired) electrons. The lowest BCUT2D eigenvalue weighted by molar-refractivity contribution is -0.604. The highest BCUT2D eigenvalue weighted by Crippen LogP contribution is 2.33. The van der Waals surface area contributed by atoms with Gasteiger partial charge in [0.2, 0.25) is 5.91 Å². The number of pyridine rings is 1. The first-order valence-corrected chi connectivity index (χ1v) is 17.1. The SMILES string of the molecule is COC(=O)N[C@H](C(=O)N[C@@H](Cc1ccc(-c2ccc[n+]([O-])c2)cc1)[C@@H](O)CN(Cc1ccccc1F)NC(=O)O[C@H]1CO[C@H]2OCC[C@H]21)C(C)(C)C. The van der Waals surface area contributed by atoms with Gasteiger partial charge in [-0.05, 0) is 41.5 Å². The van der Waals surface area contributed by atoms with Gasteiger partial charge in [-0.15, -0.1) is 0 Å². The lowest BCUT2D eigenvalue weighted by Crippen LogP contribution is -2.59. The molecule has 0 aliphatic carbocycles. The maximum absolute atomic E-state index is 14.8. The average molecular weight is 724 g/mol. The largest absolute Gasteiger partial charge is 0.619 e. The summed E-state index contributed by atoms with van der Waals surface area (Å²) in [6.07, 6.45) is -0.314. The second-order valence-electron chi connectivity index (χ2n) is 14.0. The number of aromatic nitrogens is 1. The number of carbonyl (C=O) groups excluding carboxylic acids is 3. The normalized spacial score (nSPS) is 20.0. The Morgan fingerprint density at radius 2 is 1.79 bits per heavy atom. The maximum atomic E-state index is 14.8. The number of methoxy groups -OCH3 is 1. The van der Waals surface area contributed by atoms with Gasteiger partial charge in [-0.1, -0.05) is 63.2 Å². The molecule has 3 aromatic rings. The summed E-state index contributed by atoms with van der Waals surface area (Å²) in [6, 6.07) is 14.7. The molecule has 14 nitrogen and oxygen atoms in total. The summed E-state index contributed by atoms with van der Waals surface area (Å²) in [7, 11) is 1.19. The number of nitrogens with zero attached hydrogens (tertiary/aromatic N) is 2. The van der Waals surface area contributed by atoms with Crippen molar-refractivity contribution in [2.24, 2.45) is 11.3 Å². The third-order valence-electron chi connectivity index (χ3n) is 9.11. The predicted molar refractivity (Wildman–Crippen MR) is 185 cm³/mol. The first kappa shape index (κ1) is 38.4. The fraction of sp³-hybridized carbons (Fsp3) is 0.459. The zero-order valence-electron chi connectivity index (χ0n) is 29.6. The van der Waals surface area contributed by atoms with Crippen LogP contribution in [0.25, 0.3) is 11.1 Å². The molecule has 3 heterocycles. The molecular weight excluding hydrogens is 677 g/mol. The fourth-order valence-electron chi connectivity index (χ4n) is 6.29. The molecule has 6 atom stereocenters. The van der Waals surface area contributed by atoms with E-state index in [4.69, 9.17) is 18.9 Å². The van der Waals surface area contributed by atoms with E-state index < -0.39 is 59.9 Å². The summed E-state index contributed by atoms with van der Waals surface area (Å²) in [4.78, 5) is 39.2. The van der Waals surface area contributed by atoms with Gasteiger partial charge in [0.25, 0.3) is 0 Å². The molecule has 52 heavy (non-hydrogen) atoms. The third kappa shape index (κ3) is 10.2.